The van der Waals surface area contributed by atoms with Crippen LogP contribution in [0.5, 0.6) is 23.0 Å². The van der Waals surface area contributed by atoms with E-state index in [9.17, 15) is 0 Å². The van der Waals surface area contributed by atoms with Gasteiger partial charge in [0.05, 0.1) is 33.6 Å². The van der Waals surface area contributed by atoms with E-state index in [2.05, 4.69) is 322 Å². The van der Waals surface area contributed by atoms with Gasteiger partial charge >= 0.3 is 0 Å². The maximum Gasteiger partial charge on any atom is 0.160 e. The summed E-state index contributed by atoms with van der Waals surface area (Å²) in [5.74, 6) is 4.40. The molecule has 4 aliphatic rings. The first-order chi connectivity index (χ1) is 47.5. The molecule has 0 saturated carbocycles. The number of nitrogens with zero attached hydrogens (tertiary/aromatic N) is 4. The normalized spacial score (nSPS) is 13.5. The van der Waals surface area contributed by atoms with Gasteiger partial charge < -0.3 is 9.47 Å². The third-order valence-corrected chi connectivity index (χ3v) is 20.5. The second-order valence-corrected chi connectivity index (χ2v) is 25.5. The van der Waals surface area contributed by atoms with Crippen LogP contribution in [-0.2, 0) is 10.8 Å². The number of aromatic nitrogens is 4. The van der Waals surface area contributed by atoms with E-state index < -0.39 is 10.8 Å². The van der Waals surface area contributed by atoms with Crippen LogP contribution in [0.25, 0.3) is 123 Å². The lowest BCUT2D eigenvalue weighted by atomic mass is 9.65. The molecule has 446 valence electrons. The summed E-state index contributed by atoms with van der Waals surface area (Å²) in [7, 11) is 0. The molecule has 2 aromatic heterocycles. The molecule has 16 aromatic rings. The average Bonchev–Trinajstić information content (AvgIpc) is 1.48. The van der Waals surface area contributed by atoms with Crippen molar-refractivity contribution >= 4 is 21.5 Å². The van der Waals surface area contributed by atoms with Crippen LogP contribution in [0.2, 0.25) is 0 Å². The lowest BCUT2D eigenvalue weighted by Gasteiger charge is -2.39. The summed E-state index contributed by atoms with van der Waals surface area (Å²) in [6, 6.07) is 117. The molecule has 0 bridgehead atoms. The number of hydrogen-bond acceptors (Lipinski definition) is 6. The van der Waals surface area contributed by atoms with Crippen LogP contribution in [0.1, 0.15) is 44.5 Å². The second-order valence-electron chi connectivity index (χ2n) is 25.5. The first-order valence-electron chi connectivity index (χ1n) is 32.7. The lowest BCUT2D eigenvalue weighted by Crippen LogP contribution is -2.32. The molecule has 2 aliphatic heterocycles. The highest BCUT2D eigenvalue weighted by atomic mass is 16.5. The van der Waals surface area contributed by atoms with E-state index in [0.29, 0.717) is 11.6 Å². The summed E-state index contributed by atoms with van der Waals surface area (Å²) >= 11 is 0. The van der Waals surface area contributed by atoms with Crippen LogP contribution < -0.4 is 9.47 Å². The van der Waals surface area contributed by atoms with Crippen LogP contribution in [0.15, 0.2) is 328 Å². The van der Waals surface area contributed by atoms with Crippen molar-refractivity contribution in [1.82, 2.24) is 19.9 Å². The predicted octanol–water partition coefficient (Wildman–Crippen LogP) is 22.2. The largest absolute Gasteiger partial charge is 0.457 e. The van der Waals surface area contributed by atoms with Gasteiger partial charge in [-0.3, -0.25) is 0 Å². The zero-order valence-electron chi connectivity index (χ0n) is 51.8. The summed E-state index contributed by atoms with van der Waals surface area (Å²) < 4.78 is 14.3. The van der Waals surface area contributed by atoms with Crippen molar-refractivity contribution in [1.29, 1.82) is 0 Å². The minimum Gasteiger partial charge on any atom is -0.457 e. The number of hydrogen-bond donors (Lipinski definition) is 0. The second kappa shape index (κ2) is 20.9. The van der Waals surface area contributed by atoms with Gasteiger partial charge in [-0.15, -0.1) is 0 Å². The summed E-state index contributed by atoms with van der Waals surface area (Å²) in [5.41, 5.74) is 24.1. The monoisotopic (exact) mass is 1220 g/mol. The Kier molecular flexibility index (Phi) is 11.8. The van der Waals surface area contributed by atoms with Crippen LogP contribution in [0.4, 0.5) is 0 Å². The van der Waals surface area contributed by atoms with Crippen LogP contribution in [0.3, 0.4) is 0 Å². The van der Waals surface area contributed by atoms with E-state index >= 15 is 0 Å². The fourth-order valence-electron chi connectivity index (χ4n) is 16.2. The molecule has 14 aromatic carbocycles. The Hall–Kier alpha value is -12.6. The Balaban J connectivity index is 0.705. The summed E-state index contributed by atoms with van der Waals surface area (Å²) in [5, 5.41) is 4.61. The van der Waals surface area contributed by atoms with Crippen molar-refractivity contribution in [3.63, 3.8) is 0 Å². The highest BCUT2D eigenvalue weighted by Crippen LogP contribution is 2.64. The van der Waals surface area contributed by atoms with Gasteiger partial charge in [0.25, 0.3) is 0 Å². The minimum atomic E-state index is -0.722. The highest BCUT2D eigenvalue weighted by Gasteiger charge is 2.53. The first kappa shape index (κ1) is 54.0. The van der Waals surface area contributed by atoms with Crippen molar-refractivity contribution in [2.24, 2.45) is 0 Å². The van der Waals surface area contributed by atoms with Gasteiger partial charge in [-0.2, -0.15) is 0 Å². The molecule has 0 N–H and O–H groups in total. The Morgan fingerprint density at radius 1 is 0.198 bits per heavy atom. The fourth-order valence-corrected chi connectivity index (χ4v) is 16.2. The number of benzene rings is 14. The smallest absolute Gasteiger partial charge is 0.160 e. The molecule has 6 nitrogen and oxygen atoms in total. The third-order valence-electron chi connectivity index (χ3n) is 20.5. The standard InChI is InChI=1S/C90H54N4O2/c1-2-21-58(22-3-1)80-54-82(70-30-18-24-57-20-6-7-25-65(57)70)94-88(92-80)64-44-47-77-86(52-64)96-84-48-45-61(50-78(84)90(77)73-33-14-10-28-68(73)69-29-11-15-34-74(69)90)56-37-40-59(41-38-56)79-53-81(62-42-39-55-19-4-5-23-60(55)49-62)93-87(91-79)63-43-46-76-85(51-63)95-83-36-17-16-35-75(83)89(76)71-31-12-8-26-66(71)67-27-9-13-32-72(67)89/h1-54H. The number of ether oxygens (including phenoxy) is 2. The van der Waals surface area contributed by atoms with E-state index in [4.69, 9.17) is 29.4 Å². The number of fused-ring (bicyclic) bond motifs is 20. The molecule has 2 aliphatic carbocycles. The molecule has 4 heterocycles. The van der Waals surface area contributed by atoms with E-state index in [1.165, 1.54) is 49.9 Å². The molecule has 0 unspecified atom stereocenters. The maximum absolute atomic E-state index is 7.25. The molecule has 0 fully saturated rings. The third kappa shape index (κ3) is 7.99. The molecule has 0 radical (unpaired) electrons. The molecule has 0 saturated heterocycles. The van der Waals surface area contributed by atoms with Gasteiger partial charge in [0, 0.05) is 55.6 Å². The number of para-hydroxylation sites is 1. The van der Waals surface area contributed by atoms with Crippen molar-refractivity contribution in [3.05, 3.63) is 372 Å². The Labute approximate surface area is 554 Å². The van der Waals surface area contributed by atoms with Crippen molar-refractivity contribution < 1.29 is 9.47 Å². The van der Waals surface area contributed by atoms with Gasteiger partial charge in [-0.05, 0) is 126 Å². The van der Waals surface area contributed by atoms with Gasteiger partial charge in [0.2, 0.25) is 0 Å². The molecule has 0 amide bonds. The van der Waals surface area contributed by atoms with Gasteiger partial charge in [0.15, 0.2) is 11.6 Å². The molecule has 20 rings (SSSR count). The zero-order valence-corrected chi connectivity index (χ0v) is 51.8. The Bertz CT molecular complexity index is 5840. The maximum atomic E-state index is 7.25. The SMILES string of the molecule is c1ccc(-c2cc(-c3cccc4ccccc34)nc(-c3ccc4c(c3)Oc3ccc(-c5ccc(-c6cc(-c7ccc8ccccc8c7)nc(-c7ccc8c(c7)Oc7ccccc7C87c8ccccc8-c8ccccc87)n6)cc5)cc3C43c4ccccc4-c4ccccc43)n2)cc1. The summed E-state index contributed by atoms with van der Waals surface area (Å²) in [4.78, 5) is 21.6. The van der Waals surface area contributed by atoms with Crippen LogP contribution in [-0.4, -0.2) is 19.9 Å². The zero-order chi connectivity index (χ0) is 63.1. The Morgan fingerprint density at radius 3 is 1.23 bits per heavy atom. The molecule has 0 atom stereocenters. The van der Waals surface area contributed by atoms with E-state index in [1.807, 2.05) is 6.07 Å². The first-order valence-corrected chi connectivity index (χ1v) is 32.7. The minimum absolute atomic E-state index is 0.583. The van der Waals surface area contributed by atoms with Gasteiger partial charge in [0.1, 0.15) is 23.0 Å². The predicted molar refractivity (Wildman–Crippen MR) is 385 cm³/mol. The molecular formula is C90H54N4O2. The van der Waals surface area contributed by atoms with E-state index in [-0.39, 0.29) is 0 Å². The topological polar surface area (TPSA) is 70.0 Å². The highest BCUT2D eigenvalue weighted by molar-refractivity contribution is 5.97. The Morgan fingerprint density at radius 2 is 0.604 bits per heavy atom. The van der Waals surface area contributed by atoms with E-state index in [1.54, 1.807) is 0 Å². The van der Waals surface area contributed by atoms with Crippen molar-refractivity contribution in [3.8, 4) is 124 Å². The molecule has 96 heavy (non-hydrogen) atoms. The van der Waals surface area contributed by atoms with Crippen molar-refractivity contribution in [2.75, 3.05) is 0 Å². The summed E-state index contributed by atoms with van der Waals surface area (Å²) in [6.45, 7) is 0. The number of rotatable bonds is 7. The van der Waals surface area contributed by atoms with Crippen molar-refractivity contribution in [2.45, 2.75) is 10.8 Å². The summed E-state index contributed by atoms with van der Waals surface area (Å²) in [6.07, 6.45) is 0. The lowest BCUT2D eigenvalue weighted by molar-refractivity contribution is 0.436. The van der Waals surface area contributed by atoms with Crippen LogP contribution >= 0.6 is 0 Å². The fraction of sp³-hybridized carbons (Fsp3) is 0.0222. The van der Waals surface area contributed by atoms with Crippen LogP contribution in [0, 0.1) is 0 Å². The van der Waals surface area contributed by atoms with Gasteiger partial charge in [-0.1, -0.05) is 279 Å². The molecular weight excluding hydrogens is 1170 g/mol. The quantitative estimate of drug-likeness (QED) is 0.158. The van der Waals surface area contributed by atoms with Gasteiger partial charge in [-0.25, -0.2) is 19.9 Å². The average molecular weight is 1220 g/mol. The molecule has 2 spiro atoms. The van der Waals surface area contributed by atoms with E-state index in [0.717, 1.165) is 129 Å². The molecule has 6 heteroatoms.